The van der Waals surface area contributed by atoms with E-state index in [1.54, 1.807) is 0 Å². The lowest BCUT2D eigenvalue weighted by Gasteiger charge is -2.29. The number of ether oxygens (including phenoxy) is 2. The van der Waals surface area contributed by atoms with Crippen LogP contribution < -0.4 is 11.1 Å². The Bertz CT molecular complexity index is 507. The van der Waals surface area contributed by atoms with Gasteiger partial charge in [-0.1, -0.05) is 0 Å². The van der Waals surface area contributed by atoms with Crippen LogP contribution in [0.3, 0.4) is 0 Å². The van der Waals surface area contributed by atoms with Crippen LogP contribution in [-0.4, -0.2) is 31.8 Å². The molecule has 1 heterocycles. The largest absolute Gasteiger partial charge is 0.465 e. The highest BCUT2D eigenvalue weighted by molar-refractivity contribution is 5.96. The molecular formula is C14H19FN2O3. The van der Waals surface area contributed by atoms with Crippen molar-refractivity contribution in [1.29, 1.82) is 0 Å². The lowest BCUT2D eigenvalue weighted by Crippen LogP contribution is -2.32. The van der Waals surface area contributed by atoms with E-state index in [0.717, 1.165) is 18.9 Å². The van der Waals surface area contributed by atoms with Gasteiger partial charge in [-0.05, 0) is 31.9 Å². The lowest BCUT2D eigenvalue weighted by atomic mass is 10.0. The maximum atomic E-state index is 13.9. The third-order valence-electron chi connectivity index (χ3n) is 3.39. The average Bonchev–Trinajstić information content (AvgIpc) is 2.41. The summed E-state index contributed by atoms with van der Waals surface area (Å²) in [5.41, 5.74) is 6.13. The number of nitrogens with one attached hydrogen (secondary N) is 1. The van der Waals surface area contributed by atoms with Gasteiger partial charge in [-0.15, -0.1) is 0 Å². The van der Waals surface area contributed by atoms with Gasteiger partial charge in [0.2, 0.25) is 0 Å². The van der Waals surface area contributed by atoms with Crippen LogP contribution in [0.5, 0.6) is 0 Å². The first-order valence-electron chi connectivity index (χ1n) is 6.56. The van der Waals surface area contributed by atoms with Crippen molar-refractivity contribution in [2.75, 3.05) is 24.8 Å². The number of nitrogens with two attached hydrogens (primary N) is 1. The standard InChI is InChI=1S/C14H19FN2O3/c1-8-5-9(3-4-20-8)17-13-6-10(14(18)19-2)12(16)7-11(13)15/h6-9,17H,3-5,16H2,1-2H3. The van der Waals surface area contributed by atoms with Crippen molar-refractivity contribution < 1.29 is 18.7 Å². The predicted molar refractivity (Wildman–Crippen MR) is 74.2 cm³/mol. The molecule has 5 nitrogen and oxygen atoms in total. The number of nitrogen functional groups attached to an aromatic ring is 1. The molecule has 1 saturated heterocycles. The Morgan fingerprint density at radius 3 is 2.95 bits per heavy atom. The molecule has 0 spiro atoms. The Morgan fingerprint density at radius 2 is 2.30 bits per heavy atom. The van der Waals surface area contributed by atoms with Crippen LogP contribution >= 0.6 is 0 Å². The minimum absolute atomic E-state index is 0.0697. The molecule has 0 amide bonds. The van der Waals surface area contributed by atoms with Gasteiger partial charge in [0.15, 0.2) is 0 Å². The maximum absolute atomic E-state index is 13.9. The molecule has 20 heavy (non-hydrogen) atoms. The smallest absolute Gasteiger partial charge is 0.340 e. The molecule has 0 radical (unpaired) electrons. The summed E-state index contributed by atoms with van der Waals surface area (Å²) in [7, 11) is 1.26. The summed E-state index contributed by atoms with van der Waals surface area (Å²) in [6.07, 6.45) is 1.72. The van der Waals surface area contributed by atoms with Crippen molar-refractivity contribution >= 4 is 17.3 Å². The minimum atomic E-state index is -0.578. The Labute approximate surface area is 117 Å². The molecule has 1 fully saturated rings. The molecule has 3 N–H and O–H groups in total. The Balaban J connectivity index is 2.20. The number of anilines is 2. The Morgan fingerprint density at radius 1 is 1.55 bits per heavy atom. The van der Waals surface area contributed by atoms with E-state index >= 15 is 0 Å². The van der Waals surface area contributed by atoms with E-state index in [1.807, 2.05) is 6.92 Å². The van der Waals surface area contributed by atoms with Gasteiger partial charge in [0.05, 0.1) is 24.5 Å². The Kier molecular flexibility index (Phi) is 4.44. The molecule has 0 aliphatic carbocycles. The number of rotatable bonds is 3. The molecule has 1 aliphatic heterocycles. The molecule has 0 aromatic heterocycles. The zero-order valence-corrected chi connectivity index (χ0v) is 11.6. The molecule has 1 aromatic rings. The van der Waals surface area contributed by atoms with Crippen LogP contribution in [0.2, 0.25) is 0 Å². The number of carbonyl (C=O) groups is 1. The molecule has 110 valence electrons. The normalized spacial score (nSPS) is 22.4. The average molecular weight is 282 g/mol. The van der Waals surface area contributed by atoms with Crippen molar-refractivity contribution in [3.63, 3.8) is 0 Å². The fraction of sp³-hybridized carbons (Fsp3) is 0.500. The number of carbonyl (C=O) groups excluding carboxylic acids is 1. The van der Waals surface area contributed by atoms with Crippen LogP contribution in [0.15, 0.2) is 12.1 Å². The van der Waals surface area contributed by atoms with E-state index in [0.29, 0.717) is 6.61 Å². The molecule has 2 unspecified atom stereocenters. The second kappa shape index (κ2) is 6.09. The van der Waals surface area contributed by atoms with Crippen LogP contribution in [-0.2, 0) is 9.47 Å². The highest BCUT2D eigenvalue weighted by atomic mass is 19.1. The monoisotopic (exact) mass is 282 g/mol. The van der Waals surface area contributed by atoms with Gasteiger partial charge < -0.3 is 20.5 Å². The van der Waals surface area contributed by atoms with Gasteiger partial charge in [-0.3, -0.25) is 0 Å². The quantitative estimate of drug-likeness (QED) is 0.656. The van der Waals surface area contributed by atoms with E-state index in [4.69, 9.17) is 10.5 Å². The lowest BCUT2D eigenvalue weighted by molar-refractivity contribution is 0.0231. The fourth-order valence-electron chi connectivity index (χ4n) is 2.34. The number of methoxy groups -OCH3 is 1. The van der Waals surface area contributed by atoms with E-state index in [-0.39, 0.29) is 29.1 Å². The molecule has 2 atom stereocenters. The second-order valence-electron chi connectivity index (χ2n) is 4.96. The number of hydrogen-bond acceptors (Lipinski definition) is 5. The molecule has 0 bridgehead atoms. The number of benzene rings is 1. The third-order valence-corrected chi connectivity index (χ3v) is 3.39. The molecule has 1 aromatic carbocycles. The van der Waals surface area contributed by atoms with Crippen molar-refractivity contribution in [2.24, 2.45) is 0 Å². The van der Waals surface area contributed by atoms with Gasteiger partial charge in [-0.2, -0.15) is 0 Å². The van der Waals surface area contributed by atoms with Crippen LogP contribution in [0.1, 0.15) is 30.1 Å². The SMILES string of the molecule is COC(=O)c1cc(NC2CCOC(C)C2)c(F)cc1N. The summed E-state index contributed by atoms with van der Waals surface area (Å²) in [4.78, 5) is 11.6. The predicted octanol–water partition coefficient (Wildman–Crippen LogP) is 2.17. The van der Waals surface area contributed by atoms with Crippen molar-refractivity contribution in [2.45, 2.75) is 31.9 Å². The zero-order valence-electron chi connectivity index (χ0n) is 11.6. The highest BCUT2D eigenvalue weighted by Gasteiger charge is 2.21. The van der Waals surface area contributed by atoms with Crippen LogP contribution in [0.25, 0.3) is 0 Å². The van der Waals surface area contributed by atoms with Crippen LogP contribution in [0.4, 0.5) is 15.8 Å². The Hall–Kier alpha value is -1.82. The van der Waals surface area contributed by atoms with Gasteiger partial charge in [0.1, 0.15) is 5.82 Å². The fourth-order valence-corrected chi connectivity index (χ4v) is 2.34. The van der Waals surface area contributed by atoms with E-state index < -0.39 is 11.8 Å². The van der Waals surface area contributed by atoms with Crippen molar-refractivity contribution in [3.8, 4) is 0 Å². The number of esters is 1. The van der Waals surface area contributed by atoms with Gasteiger partial charge >= 0.3 is 5.97 Å². The highest BCUT2D eigenvalue weighted by Crippen LogP contribution is 2.26. The maximum Gasteiger partial charge on any atom is 0.340 e. The second-order valence-corrected chi connectivity index (χ2v) is 4.96. The first-order chi connectivity index (χ1) is 9.51. The summed E-state index contributed by atoms with van der Waals surface area (Å²) in [6, 6.07) is 2.65. The zero-order chi connectivity index (χ0) is 14.7. The number of hydrogen-bond donors (Lipinski definition) is 2. The first-order valence-corrected chi connectivity index (χ1v) is 6.56. The summed E-state index contributed by atoms with van der Waals surface area (Å²) >= 11 is 0. The summed E-state index contributed by atoms with van der Waals surface area (Å²) in [5, 5.41) is 3.11. The molecule has 2 rings (SSSR count). The van der Waals surface area contributed by atoms with Crippen LogP contribution in [0, 0.1) is 5.82 Å². The molecule has 0 saturated carbocycles. The van der Waals surface area contributed by atoms with Gasteiger partial charge in [0, 0.05) is 18.3 Å². The molecule has 6 heteroatoms. The van der Waals surface area contributed by atoms with Crippen molar-refractivity contribution in [3.05, 3.63) is 23.5 Å². The summed E-state index contributed by atoms with van der Waals surface area (Å²) in [6.45, 7) is 2.62. The third kappa shape index (κ3) is 3.19. The van der Waals surface area contributed by atoms with Gasteiger partial charge in [-0.25, -0.2) is 9.18 Å². The van der Waals surface area contributed by atoms with E-state index in [9.17, 15) is 9.18 Å². The van der Waals surface area contributed by atoms with E-state index in [1.165, 1.54) is 13.2 Å². The van der Waals surface area contributed by atoms with E-state index in [2.05, 4.69) is 10.1 Å². The van der Waals surface area contributed by atoms with Crippen molar-refractivity contribution in [1.82, 2.24) is 0 Å². The summed E-state index contributed by atoms with van der Waals surface area (Å²) in [5.74, 6) is -1.06. The number of halogens is 1. The topological polar surface area (TPSA) is 73.6 Å². The molecule has 1 aliphatic rings. The first kappa shape index (κ1) is 14.6. The van der Waals surface area contributed by atoms with Gasteiger partial charge in [0.25, 0.3) is 0 Å². The molecular weight excluding hydrogens is 263 g/mol. The minimum Gasteiger partial charge on any atom is -0.465 e. The summed E-state index contributed by atoms with van der Waals surface area (Å²) < 4.78 is 24.0.